The molecule has 18 heteroatoms. The summed E-state index contributed by atoms with van der Waals surface area (Å²) in [4.78, 5) is 43.9. The number of hydrogen-bond acceptors (Lipinski definition) is 12. The molecule has 0 aliphatic carbocycles. The summed E-state index contributed by atoms with van der Waals surface area (Å²) in [5.74, 6) is 0. The SMILES string of the molecule is Nc1cc(NN=c2c(=O)ccc(=N[N-]c3ccc([N+](=O)[O-])cc3S(=O)(=O)O)c2=O)ccc1[N+](=O)[O-].[Na+]. The van der Waals surface area contributed by atoms with Gasteiger partial charge in [0.05, 0.1) is 25.8 Å². The number of benzene rings is 3. The zero-order valence-corrected chi connectivity index (χ0v) is 20.9. The van der Waals surface area contributed by atoms with Gasteiger partial charge in [-0.2, -0.15) is 13.5 Å². The topological polar surface area (TPSA) is 252 Å². The molecular formula is C18H12N7NaO9S. The Balaban J connectivity index is 0.00000456. The molecule has 0 fully saturated rings. The Morgan fingerprint density at radius 3 is 2.28 bits per heavy atom. The van der Waals surface area contributed by atoms with Gasteiger partial charge in [0.1, 0.15) is 5.69 Å². The van der Waals surface area contributed by atoms with Crippen molar-refractivity contribution in [2.45, 2.75) is 4.90 Å². The zero-order valence-electron chi connectivity index (χ0n) is 18.1. The number of nitrogens with two attached hydrogens (primary N) is 1. The summed E-state index contributed by atoms with van der Waals surface area (Å²) in [5, 5.41) is 27.9. The van der Waals surface area contributed by atoms with Gasteiger partial charge in [-0.1, -0.05) is 6.07 Å². The van der Waals surface area contributed by atoms with Gasteiger partial charge in [-0.3, -0.25) is 39.8 Å². The van der Waals surface area contributed by atoms with Gasteiger partial charge in [-0.25, -0.2) is 0 Å². The number of nitrogens with one attached hydrogen (secondary N) is 1. The minimum Gasteiger partial charge on any atom is -0.574 e. The molecule has 0 radical (unpaired) electrons. The molecule has 0 unspecified atom stereocenters. The van der Waals surface area contributed by atoms with Crippen molar-refractivity contribution in [2.24, 2.45) is 10.2 Å². The molecule has 0 amide bonds. The molecule has 0 aromatic heterocycles. The van der Waals surface area contributed by atoms with Crippen molar-refractivity contribution in [2.75, 3.05) is 11.2 Å². The molecule has 3 rings (SSSR count). The Morgan fingerprint density at radius 1 is 1.00 bits per heavy atom. The van der Waals surface area contributed by atoms with Crippen molar-refractivity contribution in [1.82, 2.24) is 0 Å². The van der Waals surface area contributed by atoms with E-state index in [-0.39, 0.29) is 46.6 Å². The van der Waals surface area contributed by atoms with Crippen molar-refractivity contribution in [3.8, 4) is 0 Å². The Morgan fingerprint density at radius 2 is 1.69 bits per heavy atom. The molecule has 0 bridgehead atoms. The molecular weight excluding hydrogens is 513 g/mol. The predicted octanol–water partition coefficient (Wildman–Crippen LogP) is -2.62. The Kier molecular flexibility index (Phi) is 8.73. The molecule has 0 spiro atoms. The van der Waals surface area contributed by atoms with Crippen LogP contribution >= 0.6 is 0 Å². The van der Waals surface area contributed by atoms with E-state index in [1.54, 1.807) is 0 Å². The van der Waals surface area contributed by atoms with Crippen LogP contribution in [0.25, 0.3) is 5.43 Å². The first-order valence-electron chi connectivity index (χ1n) is 9.08. The smallest absolute Gasteiger partial charge is 0.574 e. The Labute approximate surface area is 221 Å². The largest absolute Gasteiger partial charge is 1.00 e. The zero-order chi connectivity index (χ0) is 25.9. The monoisotopic (exact) mass is 525 g/mol. The van der Waals surface area contributed by atoms with Crippen LogP contribution in [0.2, 0.25) is 0 Å². The minimum atomic E-state index is -4.94. The van der Waals surface area contributed by atoms with Crippen molar-refractivity contribution in [3.63, 3.8) is 0 Å². The second kappa shape index (κ2) is 11.1. The maximum Gasteiger partial charge on any atom is 1.00 e. The fourth-order valence-corrected chi connectivity index (χ4v) is 3.29. The maximum atomic E-state index is 12.6. The summed E-state index contributed by atoms with van der Waals surface area (Å²) in [7, 11) is -4.94. The van der Waals surface area contributed by atoms with Crippen LogP contribution in [0.1, 0.15) is 0 Å². The first-order valence-corrected chi connectivity index (χ1v) is 10.5. The third kappa shape index (κ3) is 6.34. The van der Waals surface area contributed by atoms with Crippen molar-refractivity contribution in [1.29, 1.82) is 0 Å². The average Bonchev–Trinajstić information content (AvgIpc) is 2.77. The summed E-state index contributed by atoms with van der Waals surface area (Å²) < 4.78 is 32.5. The second-order valence-electron chi connectivity index (χ2n) is 6.60. The van der Waals surface area contributed by atoms with Crippen LogP contribution in [0, 0.1) is 20.2 Å². The molecule has 3 aromatic rings. The van der Waals surface area contributed by atoms with Crippen LogP contribution in [0.4, 0.5) is 28.4 Å². The predicted molar refractivity (Wildman–Crippen MR) is 120 cm³/mol. The first kappa shape index (κ1) is 28.2. The van der Waals surface area contributed by atoms with E-state index in [9.17, 15) is 42.8 Å². The quantitative estimate of drug-likeness (QED) is 0.0946. The maximum absolute atomic E-state index is 12.6. The standard InChI is InChI=1S/C18H13N7O9S.Na/c19-11-7-9(1-5-14(11)25(30)31)20-23-17-15(26)6-4-13(18(17)27)22-21-12-3-2-10(24(28)29)8-16(12)35(32,33)34;/h1-8H,19H2,(H3,20,21,26,27,32,33,34);/q;+1/p-1. The van der Waals surface area contributed by atoms with Crippen LogP contribution in [-0.4, -0.2) is 22.8 Å². The van der Waals surface area contributed by atoms with Crippen LogP contribution in [0.5, 0.6) is 0 Å². The van der Waals surface area contributed by atoms with E-state index in [2.05, 4.69) is 21.1 Å². The third-order valence-electron chi connectivity index (χ3n) is 4.29. The van der Waals surface area contributed by atoms with E-state index in [1.807, 2.05) is 0 Å². The number of nitro groups is 2. The number of anilines is 2. The summed E-state index contributed by atoms with van der Waals surface area (Å²) in [6.07, 6.45) is 0. The average molecular weight is 525 g/mol. The summed E-state index contributed by atoms with van der Waals surface area (Å²) >= 11 is 0. The van der Waals surface area contributed by atoms with Gasteiger partial charge in [0, 0.05) is 18.2 Å². The van der Waals surface area contributed by atoms with Crippen LogP contribution in [0.15, 0.2) is 73.2 Å². The van der Waals surface area contributed by atoms with Gasteiger partial charge in [0.25, 0.3) is 21.5 Å². The normalized spacial score (nSPS) is 12.0. The van der Waals surface area contributed by atoms with Crippen LogP contribution in [-0.2, 0) is 10.1 Å². The van der Waals surface area contributed by atoms with E-state index >= 15 is 0 Å². The van der Waals surface area contributed by atoms with E-state index in [1.165, 1.54) is 6.07 Å². The number of nitro benzene ring substituents is 2. The molecule has 0 heterocycles. The number of non-ortho nitro benzene ring substituents is 1. The third-order valence-corrected chi connectivity index (χ3v) is 5.18. The van der Waals surface area contributed by atoms with Gasteiger partial charge in [-0.05, 0) is 24.3 Å². The van der Waals surface area contributed by atoms with Crippen LogP contribution in [0.3, 0.4) is 0 Å². The van der Waals surface area contributed by atoms with Crippen LogP contribution < -0.4 is 62.3 Å². The molecule has 4 N–H and O–H groups in total. The molecule has 0 saturated heterocycles. The van der Waals surface area contributed by atoms with Crippen molar-refractivity contribution >= 4 is 38.6 Å². The fourth-order valence-electron chi connectivity index (χ4n) is 2.65. The molecule has 0 atom stereocenters. The van der Waals surface area contributed by atoms with Crippen molar-refractivity contribution in [3.05, 3.63) is 105 Å². The van der Waals surface area contributed by atoms with Gasteiger partial charge >= 0.3 is 29.6 Å². The second-order valence-corrected chi connectivity index (χ2v) is 7.99. The molecule has 16 nitrogen and oxygen atoms in total. The molecule has 0 saturated carbocycles. The first-order chi connectivity index (χ1) is 16.4. The molecule has 0 aliphatic heterocycles. The van der Waals surface area contributed by atoms with E-state index in [0.717, 1.165) is 36.4 Å². The fraction of sp³-hybridized carbons (Fsp3) is 0. The summed E-state index contributed by atoms with van der Waals surface area (Å²) in [6, 6.07) is 7.75. The Hall–Kier alpha value is -4.03. The number of rotatable bonds is 7. The molecule has 36 heavy (non-hydrogen) atoms. The molecule has 3 aromatic carbocycles. The van der Waals surface area contributed by atoms with Gasteiger partial charge < -0.3 is 16.3 Å². The minimum absolute atomic E-state index is 0. The number of nitrogens with zero attached hydrogens (tertiary/aromatic N) is 5. The van der Waals surface area contributed by atoms with E-state index in [4.69, 9.17) is 5.73 Å². The summed E-state index contributed by atoms with van der Waals surface area (Å²) in [6.45, 7) is 0. The van der Waals surface area contributed by atoms with E-state index < -0.39 is 57.8 Å². The summed E-state index contributed by atoms with van der Waals surface area (Å²) in [5.41, 5.74) is 8.08. The van der Waals surface area contributed by atoms with E-state index in [0.29, 0.717) is 6.07 Å². The van der Waals surface area contributed by atoms with Gasteiger partial charge in [0.2, 0.25) is 10.9 Å². The van der Waals surface area contributed by atoms with Gasteiger partial charge in [0.15, 0.2) is 5.36 Å². The van der Waals surface area contributed by atoms with Crippen molar-refractivity contribution < 1.29 is 52.4 Å². The molecule has 180 valence electrons. The molecule has 0 aliphatic rings. The van der Waals surface area contributed by atoms with Gasteiger partial charge in [-0.15, -0.1) is 5.69 Å². The Bertz CT molecular complexity index is 1700. The number of hydrogen-bond donors (Lipinski definition) is 3. The number of nitrogen functional groups attached to an aromatic ring is 1.